The van der Waals surface area contributed by atoms with Crippen LogP contribution in [0.25, 0.3) is 33.6 Å². The molecule has 2 aromatic carbocycles. The van der Waals surface area contributed by atoms with Crippen molar-refractivity contribution in [2.45, 2.75) is 105 Å². The summed E-state index contributed by atoms with van der Waals surface area (Å²) in [6.45, 7) is 19.1. The first-order valence-corrected chi connectivity index (χ1v) is 20.5. The molecule has 4 atom stereocenters. The Balaban J connectivity index is 1.09. The molecular formula is C46H58N8O6. The summed E-state index contributed by atoms with van der Waals surface area (Å²) in [7, 11) is 0. The van der Waals surface area contributed by atoms with E-state index >= 15 is 0 Å². The number of hydrogen-bond acceptors (Lipinski definition) is 8. The summed E-state index contributed by atoms with van der Waals surface area (Å²) >= 11 is 0. The van der Waals surface area contributed by atoms with Crippen molar-refractivity contribution in [2.75, 3.05) is 13.1 Å². The number of H-pyrrole nitrogens is 2. The van der Waals surface area contributed by atoms with Crippen LogP contribution in [-0.2, 0) is 19.1 Å². The van der Waals surface area contributed by atoms with E-state index in [-0.39, 0.29) is 23.7 Å². The second-order valence-electron chi connectivity index (χ2n) is 18.0. The van der Waals surface area contributed by atoms with E-state index in [1.54, 1.807) is 63.7 Å². The fourth-order valence-corrected chi connectivity index (χ4v) is 7.18. The molecule has 4 N–H and O–H groups in total. The number of nitrogens with zero attached hydrogens (tertiary/aromatic N) is 4. The quantitative estimate of drug-likeness (QED) is 0.110. The number of imidazole rings is 2. The van der Waals surface area contributed by atoms with Crippen molar-refractivity contribution in [3.63, 3.8) is 0 Å². The summed E-state index contributed by atoms with van der Waals surface area (Å²) in [6, 6.07) is 14.0. The first kappa shape index (κ1) is 43.4. The molecule has 0 fully saturated rings. The third kappa shape index (κ3) is 10.3. The number of aromatic nitrogens is 4. The minimum atomic E-state index is -0.757. The van der Waals surface area contributed by atoms with Gasteiger partial charge in [-0.25, -0.2) is 19.6 Å². The molecule has 0 saturated heterocycles. The lowest BCUT2D eigenvalue weighted by atomic mass is 10.0. The first-order chi connectivity index (χ1) is 28.3. The monoisotopic (exact) mass is 818 g/mol. The van der Waals surface area contributed by atoms with Crippen molar-refractivity contribution in [1.82, 2.24) is 40.4 Å². The Kier molecular flexibility index (Phi) is 12.7. The SMILES string of the molecule is CC(C)[C@H](NC(=O)OC(C)(C)C)C(=O)N1CC=CC1c1ncc(-c2ccc(-c3ccc(-c4cnc(C5C=CCN5C(=O)[C@@H](NC(=O)OC(C)(C)C)C(C)C)[nH]4)cc3)cc2)[nH]1. The molecule has 0 bridgehead atoms. The second kappa shape index (κ2) is 17.6. The normalized spacial score (nSPS) is 17.6. The van der Waals surface area contributed by atoms with Crippen LogP contribution in [0.5, 0.6) is 0 Å². The fourth-order valence-electron chi connectivity index (χ4n) is 7.18. The van der Waals surface area contributed by atoms with Crippen molar-refractivity contribution < 1.29 is 28.7 Å². The van der Waals surface area contributed by atoms with E-state index in [1.165, 1.54) is 0 Å². The maximum Gasteiger partial charge on any atom is 0.408 e. The Hall–Kier alpha value is -6.18. The molecule has 60 heavy (non-hydrogen) atoms. The summed E-state index contributed by atoms with van der Waals surface area (Å²) in [5, 5.41) is 5.54. The average Bonchev–Trinajstić information content (AvgIpc) is 4.01. The minimum Gasteiger partial charge on any atom is -0.444 e. The van der Waals surface area contributed by atoms with Crippen LogP contribution in [-0.4, -0.2) is 90.1 Å². The Morgan fingerprint density at radius 1 is 0.600 bits per heavy atom. The highest BCUT2D eigenvalue weighted by molar-refractivity contribution is 5.88. The van der Waals surface area contributed by atoms with Gasteiger partial charge < -0.3 is 39.9 Å². The highest BCUT2D eigenvalue weighted by atomic mass is 16.6. The molecule has 0 radical (unpaired) electrons. The van der Waals surface area contributed by atoms with E-state index in [1.807, 2.05) is 76.3 Å². The van der Waals surface area contributed by atoms with E-state index in [4.69, 9.17) is 9.47 Å². The molecule has 14 heteroatoms. The summed E-state index contributed by atoms with van der Waals surface area (Å²) < 4.78 is 10.9. The van der Waals surface area contributed by atoms with Crippen LogP contribution >= 0.6 is 0 Å². The van der Waals surface area contributed by atoms with Crippen LogP contribution in [0.2, 0.25) is 0 Å². The summed E-state index contributed by atoms with van der Waals surface area (Å²) in [6.07, 6.45) is 10.0. The van der Waals surface area contributed by atoms with E-state index in [0.717, 1.165) is 33.6 Å². The standard InChI is InChI=1S/C46H58N8O6/c1-27(2)37(51-43(57)59-45(5,6)7)41(55)53-23-11-13-35(53)39-47-25-33(49-39)31-19-15-29(16-20-31)30-17-21-32(22-18-30)34-26-48-40(50-34)36-14-12-24-54(36)42(56)38(28(3)4)52-44(58)60-46(8,9)10/h11-22,25-28,35-38H,23-24H2,1-10H3,(H,47,49)(H,48,50)(H,51,57)(H,52,58)/t35?,36?,37-,38-/m0/s1. The zero-order valence-electron chi connectivity index (χ0n) is 36.2. The number of nitrogens with one attached hydrogen (secondary N) is 4. The van der Waals surface area contributed by atoms with Crippen molar-refractivity contribution in [3.05, 3.63) is 96.9 Å². The van der Waals surface area contributed by atoms with E-state index in [2.05, 4.69) is 54.8 Å². The molecule has 2 unspecified atom stereocenters. The van der Waals surface area contributed by atoms with Gasteiger partial charge in [0.2, 0.25) is 11.8 Å². The minimum absolute atomic E-state index is 0.156. The summed E-state index contributed by atoms with van der Waals surface area (Å²) in [5.74, 6) is 0.539. The fraction of sp³-hybridized carbons (Fsp3) is 0.435. The number of hydrogen-bond donors (Lipinski definition) is 4. The Labute approximate surface area is 352 Å². The molecule has 6 rings (SSSR count). The van der Waals surface area contributed by atoms with Gasteiger partial charge in [-0.15, -0.1) is 0 Å². The number of carbonyl (C=O) groups excluding carboxylic acids is 4. The predicted octanol–water partition coefficient (Wildman–Crippen LogP) is 8.11. The van der Waals surface area contributed by atoms with Crippen molar-refractivity contribution in [3.8, 4) is 33.6 Å². The van der Waals surface area contributed by atoms with Gasteiger partial charge in [0.05, 0.1) is 23.8 Å². The van der Waals surface area contributed by atoms with Crippen LogP contribution in [0.1, 0.15) is 93.0 Å². The van der Waals surface area contributed by atoms with Crippen LogP contribution < -0.4 is 10.6 Å². The van der Waals surface area contributed by atoms with Crippen LogP contribution in [0, 0.1) is 11.8 Å². The maximum atomic E-state index is 13.7. The lowest BCUT2D eigenvalue weighted by molar-refractivity contribution is -0.135. The molecule has 0 saturated carbocycles. The molecular weight excluding hydrogens is 761 g/mol. The molecule has 0 spiro atoms. The number of ether oxygens (including phenoxy) is 2. The van der Waals surface area contributed by atoms with Gasteiger partial charge in [0.25, 0.3) is 0 Å². The Morgan fingerprint density at radius 3 is 1.25 bits per heavy atom. The van der Waals surface area contributed by atoms with E-state index < -0.39 is 47.6 Å². The van der Waals surface area contributed by atoms with Gasteiger partial charge in [-0.2, -0.15) is 0 Å². The van der Waals surface area contributed by atoms with Gasteiger partial charge >= 0.3 is 12.2 Å². The predicted molar refractivity (Wildman–Crippen MR) is 230 cm³/mol. The topological polar surface area (TPSA) is 175 Å². The van der Waals surface area contributed by atoms with Gasteiger partial charge in [0.1, 0.15) is 47.0 Å². The number of amides is 4. The van der Waals surface area contributed by atoms with Crippen LogP contribution in [0.4, 0.5) is 9.59 Å². The van der Waals surface area contributed by atoms with E-state index in [0.29, 0.717) is 24.7 Å². The Morgan fingerprint density at radius 2 is 0.933 bits per heavy atom. The number of aromatic amines is 2. The van der Waals surface area contributed by atoms with E-state index in [9.17, 15) is 19.2 Å². The number of carbonyl (C=O) groups is 4. The highest BCUT2D eigenvalue weighted by Crippen LogP contribution is 2.32. The Bertz CT molecular complexity index is 2060. The van der Waals surface area contributed by atoms with Gasteiger partial charge in [-0.05, 0) is 75.6 Å². The zero-order chi connectivity index (χ0) is 43.5. The summed E-state index contributed by atoms with van der Waals surface area (Å²) in [5.41, 5.74) is 4.23. The largest absolute Gasteiger partial charge is 0.444 e. The van der Waals surface area contributed by atoms with Gasteiger partial charge in [-0.1, -0.05) is 101 Å². The highest BCUT2D eigenvalue weighted by Gasteiger charge is 2.37. The number of benzene rings is 2. The number of alkyl carbamates (subject to hydrolysis) is 2. The molecule has 4 amide bonds. The third-order valence-electron chi connectivity index (χ3n) is 10.2. The summed E-state index contributed by atoms with van der Waals surface area (Å²) in [4.78, 5) is 72.2. The first-order valence-electron chi connectivity index (χ1n) is 20.5. The molecule has 2 aromatic heterocycles. The van der Waals surface area contributed by atoms with Crippen molar-refractivity contribution in [2.24, 2.45) is 11.8 Å². The zero-order valence-corrected chi connectivity index (χ0v) is 36.2. The van der Waals surface area contributed by atoms with Gasteiger partial charge in [0, 0.05) is 13.1 Å². The average molecular weight is 819 g/mol. The third-order valence-corrected chi connectivity index (χ3v) is 10.2. The lowest BCUT2D eigenvalue weighted by Gasteiger charge is -2.31. The van der Waals surface area contributed by atoms with Crippen LogP contribution in [0.3, 0.4) is 0 Å². The van der Waals surface area contributed by atoms with Crippen molar-refractivity contribution >= 4 is 24.0 Å². The molecule has 4 heterocycles. The maximum absolute atomic E-state index is 13.7. The van der Waals surface area contributed by atoms with Gasteiger partial charge in [-0.3, -0.25) is 9.59 Å². The molecule has 2 aliphatic heterocycles. The number of rotatable bonds is 11. The molecule has 318 valence electrons. The van der Waals surface area contributed by atoms with Crippen molar-refractivity contribution in [1.29, 1.82) is 0 Å². The van der Waals surface area contributed by atoms with Crippen LogP contribution in [0.15, 0.2) is 85.2 Å². The molecule has 14 nitrogen and oxygen atoms in total. The molecule has 0 aliphatic carbocycles. The second-order valence-corrected chi connectivity index (χ2v) is 18.0. The van der Waals surface area contributed by atoms with Gasteiger partial charge in [0.15, 0.2) is 0 Å². The lowest BCUT2D eigenvalue weighted by Crippen LogP contribution is -2.52. The molecule has 2 aliphatic rings. The molecule has 4 aromatic rings. The smallest absolute Gasteiger partial charge is 0.408 e.